The lowest BCUT2D eigenvalue weighted by molar-refractivity contribution is -0.384. The van der Waals surface area contributed by atoms with E-state index in [0.29, 0.717) is 10.2 Å². The average Bonchev–Trinajstić information content (AvgIpc) is 2.93. The van der Waals surface area contributed by atoms with Gasteiger partial charge in [-0.2, -0.15) is 5.10 Å². The second kappa shape index (κ2) is 6.00. The molecule has 0 saturated carbocycles. The minimum absolute atomic E-state index is 0.0146. The van der Waals surface area contributed by atoms with Crippen LogP contribution in [0.25, 0.3) is 0 Å². The average molecular weight is 340 g/mol. The Hall–Kier alpha value is -1.96. The van der Waals surface area contributed by atoms with E-state index in [-0.39, 0.29) is 17.8 Å². The fourth-order valence-corrected chi connectivity index (χ4v) is 2.15. The molecular weight excluding hydrogens is 326 g/mol. The molecule has 0 amide bonds. The molecule has 0 aliphatic heterocycles. The van der Waals surface area contributed by atoms with E-state index in [9.17, 15) is 10.1 Å². The summed E-state index contributed by atoms with van der Waals surface area (Å²) < 4.78 is 2.38. The van der Waals surface area contributed by atoms with Crippen LogP contribution in [-0.2, 0) is 0 Å². The number of nitrogens with one attached hydrogen (secondary N) is 1. The van der Waals surface area contributed by atoms with Crippen LogP contribution in [0.1, 0.15) is 19.9 Å². The highest BCUT2D eigenvalue weighted by Gasteiger charge is 2.20. The number of hydrogen-bond donors (Lipinski definition) is 1. The molecule has 106 valence electrons. The number of nitro groups is 1. The van der Waals surface area contributed by atoms with Gasteiger partial charge < -0.3 is 5.32 Å². The third-order valence-electron chi connectivity index (χ3n) is 3.12. The van der Waals surface area contributed by atoms with E-state index in [1.54, 1.807) is 23.1 Å². The number of anilines is 1. The summed E-state index contributed by atoms with van der Waals surface area (Å²) in [5.74, 6) is 0. The van der Waals surface area contributed by atoms with Crippen molar-refractivity contribution in [3.05, 3.63) is 45.4 Å². The smallest absolute Gasteiger partial charge is 0.293 e. The lowest BCUT2D eigenvalue weighted by Gasteiger charge is -2.22. The van der Waals surface area contributed by atoms with Gasteiger partial charge in [0.2, 0.25) is 0 Å². The Labute approximate surface area is 124 Å². The van der Waals surface area contributed by atoms with E-state index in [0.717, 1.165) is 0 Å². The predicted octanol–water partition coefficient (Wildman–Crippen LogP) is 3.01. The molecule has 2 atom stereocenters. The summed E-state index contributed by atoms with van der Waals surface area (Å²) in [4.78, 5) is 14.6. The summed E-state index contributed by atoms with van der Waals surface area (Å²) in [5, 5.41) is 18.3. The van der Waals surface area contributed by atoms with Crippen LogP contribution < -0.4 is 5.32 Å². The maximum atomic E-state index is 11.1. The van der Waals surface area contributed by atoms with Crippen molar-refractivity contribution in [3.8, 4) is 0 Å². The van der Waals surface area contributed by atoms with Crippen molar-refractivity contribution in [1.29, 1.82) is 0 Å². The first-order valence-corrected chi connectivity index (χ1v) is 6.83. The van der Waals surface area contributed by atoms with Gasteiger partial charge in [-0.25, -0.2) is 9.67 Å². The fourth-order valence-electron chi connectivity index (χ4n) is 1.80. The first-order chi connectivity index (χ1) is 9.49. The van der Waals surface area contributed by atoms with Gasteiger partial charge in [-0.05, 0) is 26.0 Å². The van der Waals surface area contributed by atoms with Gasteiger partial charge in [0.25, 0.3) is 5.69 Å². The number of halogens is 1. The van der Waals surface area contributed by atoms with Crippen LogP contribution in [0.4, 0.5) is 11.4 Å². The van der Waals surface area contributed by atoms with Crippen LogP contribution in [0.2, 0.25) is 0 Å². The molecule has 1 aromatic carbocycles. The molecule has 0 radical (unpaired) electrons. The van der Waals surface area contributed by atoms with Crippen LogP contribution in [0, 0.1) is 10.1 Å². The van der Waals surface area contributed by atoms with Crippen molar-refractivity contribution in [2.45, 2.75) is 25.9 Å². The Kier molecular flexibility index (Phi) is 4.33. The lowest BCUT2D eigenvalue weighted by Crippen LogP contribution is -2.27. The number of nitrogens with zero attached hydrogens (tertiary/aromatic N) is 4. The Morgan fingerprint density at radius 3 is 2.80 bits per heavy atom. The topological polar surface area (TPSA) is 85.9 Å². The van der Waals surface area contributed by atoms with Gasteiger partial charge in [0.1, 0.15) is 18.3 Å². The van der Waals surface area contributed by atoms with Gasteiger partial charge >= 0.3 is 0 Å². The molecule has 7 nitrogen and oxygen atoms in total. The van der Waals surface area contributed by atoms with Gasteiger partial charge in [-0.1, -0.05) is 15.9 Å². The molecule has 2 aromatic rings. The van der Waals surface area contributed by atoms with Crippen molar-refractivity contribution < 1.29 is 4.92 Å². The third kappa shape index (κ3) is 3.13. The normalized spacial score (nSPS) is 13.8. The molecule has 1 N–H and O–H groups in total. The number of aromatic nitrogens is 3. The monoisotopic (exact) mass is 339 g/mol. The molecule has 0 aliphatic carbocycles. The Balaban J connectivity index is 2.19. The quantitative estimate of drug-likeness (QED) is 0.668. The Morgan fingerprint density at radius 1 is 1.45 bits per heavy atom. The number of benzene rings is 1. The zero-order valence-electron chi connectivity index (χ0n) is 11.0. The summed E-state index contributed by atoms with van der Waals surface area (Å²) in [6.07, 6.45) is 3.09. The van der Waals surface area contributed by atoms with Gasteiger partial charge in [0.15, 0.2) is 0 Å². The molecular formula is C12H14BrN5O2. The molecule has 2 rings (SSSR count). The van der Waals surface area contributed by atoms with Crippen LogP contribution in [-0.4, -0.2) is 25.7 Å². The molecule has 0 saturated heterocycles. The standard InChI is InChI=1S/C12H14BrN5O2/c1-8(9(2)17-7-14-6-15-17)16-11-4-3-10(13)5-12(11)18(19)20/h3-9,16H,1-2H3/t8-,9-/m0/s1. The lowest BCUT2D eigenvalue weighted by atomic mass is 10.1. The van der Waals surface area contributed by atoms with Crippen LogP contribution in [0.5, 0.6) is 0 Å². The molecule has 0 unspecified atom stereocenters. The van der Waals surface area contributed by atoms with Crippen molar-refractivity contribution in [1.82, 2.24) is 14.8 Å². The van der Waals surface area contributed by atoms with Gasteiger partial charge in [0, 0.05) is 16.6 Å². The van der Waals surface area contributed by atoms with Gasteiger partial charge in [-0.15, -0.1) is 0 Å². The fraction of sp³-hybridized carbons (Fsp3) is 0.333. The zero-order valence-corrected chi connectivity index (χ0v) is 12.6. The number of hydrogen-bond acceptors (Lipinski definition) is 5. The molecule has 8 heteroatoms. The number of nitro benzene ring substituents is 1. The SMILES string of the molecule is C[C@H](Nc1ccc(Br)cc1[N+](=O)[O-])[C@H](C)n1cncn1. The van der Waals surface area contributed by atoms with Crippen molar-refractivity contribution >= 4 is 27.3 Å². The summed E-state index contributed by atoms with van der Waals surface area (Å²) in [7, 11) is 0. The Bertz CT molecular complexity index is 602. The third-order valence-corrected chi connectivity index (χ3v) is 3.61. The van der Waals surface area contributed by atoms with Gasteiger partial charge in [-0.3, -0.25) is 10.1 Å². The molecule has 0 fully saturated rings. The highest BCUT2D eigenvalue weighted by Crippen LogP contribution is 2.29. The largest absolute Gasteiger partial charge is 0.375 e. The molecule has 1 aromatic heterocycles. The maximum absolute atomic E-state index is 11.1. The van der Waals surface area contributed by atoms with Crippen LogP contribution in [0.15, 0.2) is 35.3 Å². The van der Waals surface area contributed by atoms with E-state index >= 15 is 0 Å². The predicted molar refractivity (Wildman–Crippen MR) is 78.6 cm³/mol. The first-order valence-electron chi connectivity index (χ1n) is 6.03. The minimum Gasteiger partial charge on any atom is -0.375 e. The summed E-state index contributed by atoms with van der Waals surface area (Å²) in [6, 6.07) is 4.90. The van der Waals surface area contributed by atoms with Crippen molar-refractivity contribution in [2.75, 3.05) is 5.32 Å². The zero-order chi connectivity index (χ0) is 14.7. The van der Waals surface area contributed by atoms with Gasteiger partial charge in [0.05, 0.1) is 11.0 Å². The molecule has 0 spiro atoms. The van der Waals surface area contributed by atoms with Crippen molar-refractivity contribution in [2.24, 2.45) is 0 Å². The van der Waals surface area contributed by atoms with E-state index in [2.05, 4.69) is 31.3 Å². The van der Waals surface area contributed by atoms with Crippen molar-refractivity contribution in [3.63, 3.8) is 0 Å². The van der Waals surface area contributed by atoms with E-state index in [1.807, 2.05) is 13.8 Å². The summed E-state index contributed by atoms with van der Waals surface area (Å²) in [5.41, 5.74) is 0.523. The van der Waals surface area contributed by atoms with E-state index in [4.69, 9.17) is 0 Å². The Morgan fingerprint density at radius 2 is 2.20 bits per heavy atom. The van der Waals surface area contributed by atoms with E-state index < -0.39 is 4.92 Å². The highest BCUT2D eigenvalue weighted by molar-refractivity contribution is 9.10. The second-order valence-electron chi connectivity index (χ2n) is 4.47. The number of rotatable bonds is 5. The van der Waals surface area contributed by atoms with E-state index in [1.165, 1.54) is 12.4 Å². The maximum Gasteiger partial charge on any atom is 0.293 e. The summed E-state index contributed by atoms with van der Waals surface area (Å²) in [6.45, 7) is 3.91. The molecule has 0 bridgehead atoms. The first kappa shape index (κ1) is 14.4. The van der Waals surface area contributed by atoms with Crippen LogP contribution in [0.3, 0.4) is 0 Å². The second-order valence-corrected chi connectivity index (χ2v) is 5.38. The summed E-state index contributed by atoms with van der Waals surface area (Å²) >= 11 is 3.24. The molecule has 0 aliphatic rings. The molecule has 1 heterocycles. The minimum atomic E-state index is -0.403. The highest BCUT2D eigenvalue weighted by atomic mass is 79.9. The van der Waals surface area contributed by atoms with Crippen LogP contribution >= 0.6 is 15.9 Å². The molecule has 20 heavy (non-hydrogen) atoms.